The molecule has 4 nitrogen and oxygen atoms in total. The molecular weight excluding hydrogens is 462 g/mol. The molecule has 1 heterocycles. The third-order valence-corrected chi connectivity index (χ3v) is 5.57. The predicted molar refractivity (Wildman–Crippen MR) is 116 cm³/mol. The Morgan fingerprint density at radius 2 is 1.82 bits per heavy atom. The molecule has 182 valence electrons. The maximum Gasteiger partial charge on any atom is 0.422 e. The molecule has 0 aliphatic heterocycles. The number of nitrogens with zero attached hydrogens (tertiary/aromatic N) is 2. The van der Waals surface area contributed by atoms with Crippen LogP contribution in [0.3, 0.4) is 0 Å². The Labute approximate surface area is 191 Å². The lowest BCUT2D eigenvalue weighted by Crippen LogP contribution is -2.47. The number of aromatic nitrogens is 1. The fourth-order valence-corrected chi connectivity index (χ4v) is 3.73. The molecule has 1 aromatic heterocycles. The number of hydrogen-bond acceptors (Lipinski definition) is 4. The number of halogens is 6. The maximum absolute atomic E-state index is 14.2. The number of ether oxygens (including phenoxy) is 1. The van der Waals surface area contributed by atoms with Gasteiger partial charge in [-0.1, -0.05) is 13.0 Å². The van der Waals surface area contributed by atoms with Crippen molar-refractivity contribution >= 4 is 22.8 Å². The van der Waals surface area contributed by atoms with E-state index in [2.05, 4.69) is 9.98 Å². The molecule has 3 aromatic rings. The molecule has 0 bridgehead atoms. The zero-order chi connectivity index (χ0) is 25.3. The minimum Gasteiger partial charge on any atom is -0.493 e. The summed E-state index contributed by atoms with van der Waals surface area (Å²) in [5.41, 5.74) is -2.87. The molecule has 0 radical (unpaired) electrons. The fourth-order valence-electron chi connectivity index (χ4n) is 3.73. The maximum atomic E-state index is 14.2. The average Bonchev–Trinajstić information content (AvgIpc) is 2.76. The molecule has 3 rings (SSSR count). The second-order valence-corrected chi connectivity index (χ2v) is 7.92. The largest absolute Gasteiger partial charge is 0.493 e. The van der Waals surface area contributed by atoms with Crippen molar-refractivity contribution in [3.63, 3.8) is 0 Å². The summed E-state index contributed by atoms with van der Waals surface area (Å²) in [5, 5.41) is 10.9. The van der Waals surface area contributed by atoms with Crippen LogP contribution in [0.1, 0.15) is 36.9 Å². The van der Waals surface area contributed by atoms with E-state index < -0.39 is 47.3 Å². The molecule has 0 saturated heterocycles. The molecule has 0 aliphatic rings. The topological polar surface area (TPSA) is 54.7 Å². The summed E-state index contributed by atoms with van der Waals surface area (Å²) >= 11 is 0. The number of methoxy groups -OCH3 is 1. The fraction of sp³-hybridized carbons (Fsp3) is 0.333. The third kappa shape index (κ3) is 5.01. The number of fused-ring (bicyclic) bond motifs is 1. The minimum absolute atomic E-state index is 0.0316. The van der Waals surface area contributed by atoms with Gasteiger partial charge in [-0.3, -0.25) is 9.98 Å². The van der Waals surface area contributed by atoms with Crippen molar-refractivity contribution in [2.24, 2.45) is 4.99 Å². The summed E-state index contributed by atoms with van der Waals surface area (Å²) in [4.78, 5) is 7.93. The standard InChI is InChI=1S/C24H22F6N2O2/c1-4-14(16-7-8-18(26)21(27)22(16)34-3)11-23(33,24(28,29)30)12-31-19-9-15(25)10-20-17(19)6-5-13(2)32-20/h5-10,12,14,33H,4,11H2,1-3H3/t14-,23-/m1/s1. The number of benzene rings is 2. The third-order valence-electron chi connectivity index (χ3n) is 5.57. The highest BCUT2D eigenvalue weighted by molar-refractivity contribution is 5.92. The smallest absolute Gasteiger partial charge is 0.422 e. The van der Waals surface area contributed by atoms with Crippen LogP contribution in [0.5, 0.6) is 5.75 Å². The summed E-state index contributed by atoms with van der Waals surface area (Å²) in [7, 11) is 1.07. The van der Waals surface area contributed by atoms with Crippen LogP contribution in [0.4, 0.5) is 32.0 Å². The van der Waals surface area contributed by atoms with Gasteiger partial charge in [-0.05, 0) is 43.9 Å². The van der Waals surface area contributed by atoms with Crippen molar-refractivity contribution in [3.05, 3.63) is 65.1 Å². The number of aliphatic hydroxyl groups is 1. The predicted octanol–water partition coefficient (Wildman–Crippen LogP) is 6.55. The highest BCUT2D eigenvalue weighted by Crippen LogP contribution is 2.42. The lowest BCUT2D eigenvalue weighted by Gasteiger charge is -2.31. The Balaban J connectivity index is 2.06. The summed E-state index contributed by atoms with van der Waals surface area (Å²) in [6.45, 7) is 3.21. The van der Waals surface area contributed by atoms with Crippen LogP contribution in [0.25, 0.3) is 10.9 Å². The lowest BCUT2D eigenvalue weighted by molar-refractivity contribution is -0.232. The SMILES string of the molecule is CC[C@H](C[C@@](O)(C=Nc1cc(F)cc2nc(C)ccc12)C(F)(F)F)c1ccc(F)c(F)c1OC. The van der Waals surface area contributed by atoms with E-state index >= 15 is 0 Å². The van der Waals surface area contributed by atoms with Crippen molar-refractivity contribution < 1.29 is 36.2 Å². The molecule has 1 N–H and O–H groups in total. The number of rotatable bonds is 7. The van der Waals surface area contributed by atoms with Crippen LogP contribution < -0.4 is 4.74 Å². The Hall–Kier alpha value is -3.14. The van der Waals surface area contributed by atoms with Gasteiger partial charge >= 0.3 is 6.18 Å². The number of aliphatic imine (C=N–C) groups is 1. The van der Waals surface area contributed by atoms with Gasteiger partial charge < -0.3 is 9.84 Å². The van der Waals surface area contributed by atoms with Crippen LogP contribution in [-0.4, -0.2) is 35.2 Å². The zero-order valence-corrected chi connectivity index (χ0v) is 18.6. The molecule has 0 fully saturated rings. The normalized spacial score (nSPS) is 15.0. The van der Waals surface area contributed by atoms with Gasteiger partial charge in [0.25, 0.3) is 0 Å². The van der Waals surface area contributed by atoms with E-state index in [1.807, 2.05) is 0 Å². The van der Waals surface area contributed by atoms with Gasteiger partial charge in [0, 0.05) is 35.0 Å². The van der Waals surface area contributed by atoms with Crippen molar-refractivity contribution in [1.82, 2.24) is 4.98 Å². The van der Waals surface area contributed by atoms with Crippen molar-refractivity contribution in [2.75, 3.05) is 7.11 Å². The molecule has 0 aliphatic carbocycles. The number of aryl methyl sites for hydroxylation is 1. The zero-order valence-electron chi connectivity index (χ0n) is 18.6. The van der Waals surface area contributed by atoms with Gasteiger partial charge in [-0.15, -0.1) is 0 Å². The van der Waals surface area contributed by atoms with E-state index in [1.54, 1.807) is 13.0 Å². The van der Waals surface area contributed by atoms with Crippen molar-refractivity contribution in [3.8, 4) is 5.75 Å². The summed E-state index contributed by atoms with van der Waals surface area (Å²) in [6.07, 6.45) is -5.79. The van der Waals surface area contributed by atoms with E-state index in [-0.39, 0.29) is 23.2 Å². The van der Waals surface area contributed by atoms with Crippen LogP contribution in [0.2, 0.25) is 0 Å². The lowest BCUT2D eigenvalue weighted by atomic mass is 9.83. The van der Waals surface area contributed by atoms with Gasteiger partial charge in [0.1, 0.15) is 5.82 Å². The van der Waals surface area contributed by atoms with Gasteiger partial charge in [0.2, 0.25) is 5.82 Å². The summed E-state index contributed by atoms with van der Waals surface area (Å²) in [6, 6.07) is 7.09. The molecular formula is C24H22F6N2O2. The van der Waals surface area contributed by atoms with Crippen LogP contribution in [-0.2, 0) is 0 Å². The van der Waals surface area contributed by atoms with Gasteiger partial charge in [-0.25, -0.2) is 8.78 Å². The number of pyridine rings is 1. The van der Waals surface area contributed by atoms with Gasteiger partial charge in [-0.2, -0.15) is 17.6 Å². The van der Waals surface area contributed by atoms with E-state index in [4.69, 9.17) is 4.74 Å². The average molecular weight is 484 g/mol. The number of alkyl halides is 3. The molecule has 0 spiro atoms. The Morgan fingerprint density at radius 1 is 1.12 bits per heavy atom. The molecule has 0 amide bonds. The first-order valence-electron chi connectivity index (χ1n) is 10.3. The van der Waals surface area contributed by atoms with Crippen molar-refractivity contribution in [1.29, 1.82) is 0 Å². The molecule has 2 aromatic carbocycles. The van der Waals surface area contributed by atoms with Crippen LogP contribution in [0, 0.1) is 24.4 Å². The van der Waals surface area contributed by atoms with E-state index in [0.717, 1.165) is 31.4 Å². The first-order valence-corrected chi connectivity index (χ1v) is 10.3. The van der Waals surface area contributed by atoms with Gasteiger partial charge in [0.05, 0.1) is 18.3 Å². The summed E-state index contributed by atoms with van der Waals surface area (Å²) < 4.78 is 88.7. The minimum atomic E-state index is -5.17. The molecule has 2 atom stereocenters. The van der Waals surface area contributed by atoms with E-state index in [1.165, 1.54) is 13.0 Å². The van der Waals surface area contributed by atoms with Crippen LogP contribution >= 0.6 is 0 Å². The Bertz CT molecular complexity index is 1220. The van der Waals surface area contributed by atoms with E-state index in [9.17, 15) is 31.4 Å². The highest BCUT2D eigenvalue weighted by Gasteiger charge is 2.53. The second kappa shape index (κ2) is 9.61. The Kier molecular flexibility index (Phi) is 7.21. The van der Waals surface area contributed by atoms with E-state index in [0.29, 0.717) is 17.3 Å². The molecule has 34 heavy (non-hydrogen) atoms. The molecule has 10 heteroatoms. The quantitative estimate of drug-likeness (QED) is 0.306. The molecule has 0 saturated carbocycles. The Morgan fingerprint density at radius 3 is 2.44 bits per heavy atom. The number of hydrogen-bond donors (Lipinski definition) is 1. The first-order chi connectivity index (χ1) is 15.9. The van der Waals surface area contributed by atoms with Crippen LogP contribution in [0.15, 0.2) is 41.4 Å². The second-order valence-electron chi connectivity index (χ2n) is 7.92. The summed E-state index contributed by atoms with van der Waals surface area (Å²) in [5.74, 6) is -4.92. The van der Waals surface area contributed by atoms with Crippen molar-refractivity contribution in [2.45, 2.75) is 44.4 Å². The molecule has 0 unspecified atom stereocenters. The highest BCUT2D eigenvalue weighted by atomic mass is 19.4. The monoisotopic (exact) mass is 484 g/mol. The first kappa shape index (κ1) is 25.5. The van der Waals surface area contributed by atoms with Gasteiger partial charge in [0.15, 0.2) is 17.2 Å².